The summed E-state index contributed by atoms with van der Waals surface area (Å²) in [5.74, 6) is 0.756. The van der Waals surface area contributed by atoms with Gasteiger partial charge in [-0.2, -0.15) is 0 Å². The van der Waals surface area contributed by atoms with E-state index in [1.807, 2.05) is 73.7 Å². The van der Waals surface area contributed by atoms with Crippen LogP contribution < -0.4 is 10.7 Å². The molecule has 1 N–H and O–H groups in total. The van der Waals surface area contributed by atoms with Crippen LogP contribution in [0.15, 0.2) is 77.7 Å². The highest BCUT2D eigenvalue weighted by atomic mass is 127. The summed E-state index contributed by atoms with van der Waals surface area (Å²) in [5, 5.41) is 4.04. The first kappa shape index (κ1) is 16.8. The minimum absolute atomic E-state index is 0.0151. The van der Waals surface area contributed by atoms with Gasteiger partial charge in [-0.25, -0.2) is 0 Å². The number of aryl methyl sites for hydroxylation is 1. The summed E-state index contributed by atoms with van der Waals surface area (Å²) in [6, 6.07) is 21.9. The third-order valence-electron chi connectivity index (χ3n) is 4.19. The molecule has 4 aromatic rings. The van der Waals surface area contributed by atoms with Crippen LogP contribution in [0.1, 0.15) is 5.69 Å². The maximum atomic E-state index is 12.9. The molecule has 0 unspecified atom stereocenters. The van der Waals surface area contributed by atoms with Crippen LogP contribution in [0, 0.1) is 10.5 Å². The number of hydrogen-bond donors (Lipinski definition) is 1. The molecule has 128 valence electrons. The average Bonchev–Trinajstić information content (AvgIpc) is 2.67. The molecule has 4 nitrogen and oxygen atoms in total. The molecule has 4 rings (SSSR count). The predicted molar refractivity (Wildman–Crippen MR) is 115 cm³/mol. The molecule has 5 heteroatoms. The summed E-state index contributed by atoms with van der Waals surface area (Å²) in [4.78, 5) is 17.3. The van der Waals surface area contributed by atoms with Crippen molar-refractivity contribution in [2.45, 2.75) is 6.92 Å². The number of fused-ring (bicyclic) bond motifs is 1. The minimum atomic E-state index is -0.0151. The van der Waals surface area contributed by atoms with Crippen molar-refractivity contribution in [1.29, 1.82) is 0 Å². The molecule has 0 spiro atoms. The lowest BCUT2D eigenvalue weighted by atomic mass is 10.2. The largest absolute Gasteiger partial charge is 0.340 e. The second-order valence-electron chi connectivity index (χ2n) is 6.00. The molecule has 2 aromatic heterocycles. The van der Waals surface area contributed by atoms with E-state index >= 15 is 0 Å². The quantitative estimate of drug-likeness (QED) is 0.442. The van der Waals surface area contributed by atoms with E-state index in [0.717, 1.165) is 28.4 Å². The highest BCUT2D eigenvalue weighted by Gasteiger charge is 2.17. The Labute approximate surface area is 164 Å². The van der Waals surface area contributed by atoms with Gasteiger partial charge in [0, 0.05) is 23.3 Å². The van der Waals surface area contributed by atoms with Crippen molar-refractivity contribution >= 4 is 45.0 Å². The lowest BCUT2D eigenvalue weighted by molar-refractivity contribution is 1.08. The molecule has 0 aliphatic heterocycles. The number of aromatic nitrogens is 2. The summed E-state index contributed by atoms with van der Waals surface area (Å²) in [6.45, 7) is 1.93. The zero-order chi connectivity index (χ0) is 18.1. The number of rotatable bonds is 3. The molecule has 0 amide bonds. The monoisotopic (exact) mass is 453 g/mol. The minimum Gasteiger partial charge on any atom is -0.340 e. The van der Waals surface area contributed by atoms with Crippen LogP contribution in [-0.2, 0) is 0 Å². The number of anilines is 2. The van der Waals surface area contributed by atoms with Crippen LogP contribution in [0.4, 0.5) is 11.5 Å². The Balaban J connectivity index is 2.09. The van der Waals surface area contributed by atoms with Gasteiger partial charge in [-0.15, -0.1) is 0 Å². The van der Waals surface area contributed by atoms with E-state index in [0.29, 0.717) is 8.96 Å². The molecule has 0 bridgehead atoms. The van der Waals surface area contributed by atoms with Crippen LogP contribution in [0.2, 0.25) is 0 Å². The molecule has 0 saturated carbocycles. The first-order chi connectivity index (χ1) is 12.6. The van der Waals surface area contributed by atoms with Crippen LogP contribution in [0.5, 0.6) is 0 Å². The first-order valence-corrected chi connectivity index (χ1v) is 9.31. The first-order valence-electron chi connectivity index (χ1n) is 8.23. The zero-order valence-electron chi connectivity index (χ0n) is 14.1. The van der Waals surface area contributed by atoms with E-state index in [-0.39, 0.29) is 5.43 Å². The summed E-state index contributed by atoms with van der Waals surface area (Å²) in [7, 11) is 0. The number of nitrogens with one attached hydrogen (secondary N) is 1. The average molecular weight is 453 g/mol. The van der Waals surface area contributed by atoms with Crippen molar-refractivity contribution in [2.75, 3.05) is 5.32 Å². The predicted octanol–water partition coefficient (Wildman–Crippen LogP) is 5.04. The SMILES string of the molecule is Cc1cc2c(cn1)c(=O)c(I)c(Nc1ccccc1)n2-c1ccccc1. The number of nitrogens with zero attached hydrogens (tertiary/aromatic N) is 2. The van der Waals surface area contributed by atoms with Crippen molar-refractivity contribution in [3.63, 3.8) is 0 Å². The molecule has 0 fully saturated rings. The topological polar surface area (TPSA) is 46.9 Å². The highest BCUT2D eigenvalue weighted by molar-refractivity contribution is 14.1. The third-order valence-corrected chi connectivity index (χ3v) is 5.19. The van der Waals surface area contributed by atoms with Gasteiger partial charge in [0.1, 0.15) is 9.39 Å². The summed E-state index contributed by atoms with van der Waals surface area (Å²) < 4.78 is 2.72. The van der Waals surface area contributed by atoms with Crippen molar-refractivity contribution in [2.24, 2.45) is 0 Å². The van der Waals surface area contributed by atoms with Gasteiger partial charge in [-0.05, 0) is 59.8 Å². The maximum Gasteiger partial charge on any atom is 0.206 e. The van der Waals surface area contributed by atoms with Crippen molar-refractivity contribution < 1.29 is 0 Å². The van der Waals surface area contributed by atoms with Crippen LogP contribution in [-0.4, -0.2) is 9.55 Å². The molecule has 2 aromatic carbocycles. The van der Waals surface area contributed by atoms with E-state index in [1.54, 1.807) is 6.20 Å². The highest BCUT2D eigenvalue weighted by Crippen LogP contribution is 2.29. The Morgan fingerprint density at radius 2 is 1.65 bits per heavy atom. The van der Waals surface area contributed by atoms with E-state index in [1.165, 1.54) is 0 Å². The fraction of sp³-hybridized carbons (Fsp3) is 0.0476. The zero-order valence-corrected chi connectivity index (χ0v) is 16.3. The van der Waals surface area contributed by atoms with Crippen molar-refractivity contribution in [1.82, 2.24) is 9.55 Å². The standard InChI is InChI=1S/C21H16IN3O/c1-14-12-18-17(13-23-14)20(26)19(22)21(24-15-8-4-2-5-9-15)25(18)16-10-6-3-7-11-16/h2-13,24H,1H3. The van der Waals surface area contributed by atoms with Gasteiger partial charge < -0.3 is 5.32 Å². The second kappa shape index (κ2) is 6.92. The lowest BCUT2D eigenvalue weighted by Gasteiger charge is -2.20. The number of pyridine rings is 2. The molecule has 0 radical (unpaired) electrons. The molecule has 0 saturated heterocycles. The molecule has 0 atom stereocenters. The van der Waals surface area contributed by atoms with Gasteiger partial charge >= 0.3 is 0 Å². The Morgan fingerprint density at radius 1 is 1.00 bits per heavy atom. The van der Waals surface area contributed by atoms with Crippen molar-refractivity contribution in [3.05, 3.63) is 92.4 Å². The van der Waals surface area contributed by atoms with Crippen LogP contribution >= 0.6 is 22.6 Å². The van der Waals surface area contributed by atoms with E-state index in [4.69, 9.17) is 0 Å². The van der Waals surface area contributed by atoms with Crippen molar-refractivity contribution in [3.8, 4) is 5.69 Å². The van der Waals surface area contributed by atoms with E-state index < -0.39 is 0 Å². The number of benzene rings is 2. The maximum absolute atomic E-state index is 12.9. The Bertz CT molecular complexity index is 1140. The lowest BCUT2D eigenvalue weighted by Crippen LogP contribution is -2.17. The fourth-order valence-electron chi connectivity index (χ4n) is 2.96. The Kier molecular flexibility index (Phi) is 4.46. The fourth-order valence-corrected chi connectivity index (χ4v) is 3.63. The Hall–Kier alpha value is -2.67. The molecular weight excluding hydrogens is 437 g/mol. The summed E-state index contributed by atoms with van der Waals surface area (Å²) in [5.41, 5.74) is 3.61. The van der Waals surface area contributed by atoms with E-state index in [9.17, 15) is 4.79 Å². The van der Waals surface area contributed by atoms with Gasteiger partial charge in [0.15, 0.2) is 0 Å². The molecule has 0 aliphatic rings. The van der Waals surface area contributed by atoms with Gasteiger partial charge in [0.2, 0.25) is 5.43 Å². The van der Waals surface area contributed by atoms with E-state index in [2.05, 4.69) is 37.5 Å². The molecule has 2 heterocycles. The van der Waals surface area contributed by atoms with Gasteiger partial charge in [0.05, 0.1) is 10.9 Å². The number of hydrogen-bond acceptors (Lipinski definition) is 3. The molecular formula is C21H16IN3O. The smallest absolute Gasteiger partial charge is 0.206 e. The third kappa shape index (κ3) is 2.99. The number of para-hydroxylation sites is 2. The van der Waals surface area contributed by atoms with Gasteiger partial charge in [0.25, 0.3) is 0 Å². The Morgan fingerprint density at radius 3 is 2.35 bits per heavy atom. The van der Waals surface area contributed by atoms with Gasteiger partial charge in [-0.3, -0.25) is 14.3 Å². The second-order valence-corrected chi connectivity index (χ2v) is 7.08. The van der Waals surface area contributed by atoms with Crippen LogP contribution in [0.3, 0.4) is 0 Å². The molecule has 26 heavy (non-hydrogen) atoms. The summed E-state index contributed by atoms with van der Waals surface area (Å²) in [6.07, 6.45) is 1.67. The number of halogens is 1. The van der Waals surface area contributed by atoms with Crippen LogP contribution in [0.25, 0.3) is 16.6 Å². The van der Waals surface area contributed by atoms with Gasteiger partial charge in [-0.1, -0.05) is 36.4 Å². The normalized spacial score (nSPS) is 10.8. The molecule has 0 aliphatic carbocycles. The summed E-state index contributed by atoms with van der Waals surface area (Å²) >= 11 is 2.12.